The Labute approximate surface area is 522 Å². The van der Waals surface area contributed by atoms with Gasteiger partial charge in [0.05, 0.1) is 49.8 Å². The van der Waals surface area contributed by atoms with E-state index < -0.39 is 97.1 Å². The van der Waals surface area contributed by atoms with Gasteiger partial charge in [-0.15, -0.1) is 22.7 Å². The molecular formula is C60H56Cl2F4N12O9S2. The predicted octanol–water partition coefficient (Wildman–Crippen LogP) is 8.77. The van der Waals surface area contributed by atoms with Crippen molar-refractivity contribution in [2.24, 2.45) is 11.5 Å². The third kappa shape index (κ3) is 13.8. The van der Waals surface area contributed by atoms with E-state index in [0.717, 1.165) is 50.0 Å². The number of nitrogens with two attached hydrogens (primary N) is 2. The highest BCUT2D eigenvalue weighted by Gasteiger charge is 2.42. The summed E-state index contributed by atoms with van der Waals surface area (Å²) < 4.78 is 62.8. The first kappa shape index (κ1) is 63.3. The molecule has 8 N–H and O–H groups in total. The van der Waals surface area contributed by atoms with Crippen LogP contribution in [0.1, 0.15) is 78.8 Å². The van der Waals surface area contributed by atoms with Crippen LogP contribution < -0.4 is 27.4 Å². The van der Waals surface area contributed by atoms with Crippen LogP contribution in [0.3, 0.4) is 0 Å². The summed E-state index contributed by atoms with van der Waals surface area (Å²) in [6.45, 7) is 2.07. The standard InChI is InChI=1S/C30H27ClF2N6O4S.C26H20ClF2N5O5S.C4H9N/c31-19-8-2-1-6-17(19)18-7-5-9-20(25(18)33)35-29(42)22-12-16(32)14-38(22)24(40)15-39-21-13-23(30(43)37-10-3-4-11-37)44-27(21)26(36-39)28(34)41;27-15-6-2-1-4-13(15)14-5-3-7-16(21(14)29)31-25(37)18-8-12(28)10-33(18)20(35)11-34-17-9-19(26(38)39)40-23(17)22(32-34)24(30)36;1-2-4-5-3-1/h1-2,5-9,13,16,22H,3-4,10-12,14-15H2,(H2,34,41)(H,35,42);1-7,9,12,18H,8,10-11H2,(H2,30,36)(H,31,37)(H,38,39);5H,1-4H2/t16-,22+;12-,18+;/m11./s1. The molecule has 4 aliphatic rings. The molecule has 8 aromatic rings. The Hall–Kier alpha value is -8.76. The van der Waals surface area contributed by atoms with Gasteiger partial charge in [-0.2, -0.15) is 10.2 Å². The van der Waals surface area contributed by atoms with Gasteiger partial charge < -0.3 is 47.2 Å². The molecule has 89 heavy (non-hydrogen) atoms. The van der Waals surface area contributed by atoms with E-state index in [1.165, 1.54) is 67.0 Å². The van der Waals surface area contributed by atoms with Crippen molar-refractivity contribution in [3.8, 4) is 22.3 Å². The highest BCUT2D eigenvalue weighted by atomic mass is 35.5. The number of halogens is 6. The molecule has 4 saturated heterocycles. The number of thiophene rings is 2. The van der Waals surface area contributed by atoms with Gasteiger partial charge in [0.2, 0.25) is 23.6 Å². The number of nitrogens with zero attached hydrogens (tertiary/aromatic N) is 7. The third-order valence-corrected chi connectivity index (χ3v) is 18.1. The number of carbonyl (C=O) groups excluding carboxylic acids is 7. The number of rotatable bonds is 14. The molecular weight excluding hydrogens is 1240 g/mol. The van der Waals surface area contributed by atoms with Gasteiger partial charge in [0, 0.05) is 58.2 Å². The Morgan fingerprint density at radius 3 is 1.42 bits per heavy atom. The average molecular weight is 1300 g/mol. The molecule has 4 aromatic carbocycles. The van der Waals surface area contributed by atoms with Crippen molar-refractivity contribution < 1.29 is 61.0 Å². The van der Waals surface area contributed by atoms with Gasteiger partial charge in [-0.3, -0.25) is 42.9 Å². The Balaban J connectivity index is 0.000000182. The number of carboxylic acids is 1. The number of aromatic carboxylic acids is 1. The zero-order valence-electron chi connectivity index (χ0n) is 47.0. The second-order valence-electron chi connectivity index (χ2n) is 21.2. The first-order chi connectivity index (χ1) is 42.7. The van der Waals surface area contributed by atoms with Crippen molar-refractivity contribution in [2.75, 3.05) is 49.9 Å². The van der Waals surface area contributed by atoms with Crippen LogP contribution in [0.5, 0.6) is 0 Å². The molecule has 0 aliphatic carbocycles. The van der Waals surface area contributed by atoms with Crippen molar-refractivity contribution in [2.45, 2.75) is 76.0 Å². The number of amides is 7. The lowest BCUT2D eigenvalue weighted by Gasteiger charge is -2.24. The minimum absolute atomic E-state index is 0.0915. The number of carbonyl (C=O) groups is 8. The molecule has 4 atom stereocenters. The molecule has 0 spiro atoms. The second-order valence-corrected chi connectivity index (χ2v) is 24.1. The normalized spacial score (nSPS) is 17.9. The Morgan fingerprint density at radius 2 is 1.01 bits per heavy atom. The van der Waals surface area contributed by atoms with Gasteiger partial charge in [0.25, 0.3) is 17.7 Å². The summed E-state index contributed by atoms with van der Waals surface area (Å²) in [6.07, 6.45) is 0.996. The topological polar surface area (TPSA) is 290 Å². The predicted molar refractivity (Wildman–Crippen MR) is 327 cm³/mol. The van der Waals surface area contributed by atoms with E-state index >= 15 is 8.78 Å². The van der Waals surface area contributed by atoms with Crippen LogP contribution in [0.25, 0.3) is 42.7 Å². The van der Waals surface area contributed by atoms with Crippen molar-refractivity contribution in [1.29, 1.82) is 0 Å². The molecule has 0 bridgehead atoms. The second kappa shape index (κ2) is 27.3. The van der Waals surface area contributed by atoms with Crippen molar-refractivity contribution in [3.63, 3.8) is 0 Å². The van der Waals surface area contributed by atoms with E-state index in [-0.39, 0.29) is 74.3 Å². The Bertz CT molecular complexity index is 4090. The molecule has 4 fully saturated rings. The van der Waals surface area contributed by atoms with E-state index in [9.17, 15) is 52.2 Å². The lowest BCUT2D eigenvalue weighted by molar-refractivity contribution is -0.137. The molecule has 0 saturated carbocycles. The number of fused-ring (bicyclic) bond motifs is 2. The van der Waals surface area contributed by atoms with E-state index in [4.69, 9.17) is 34.7 Å². The number of nitrogens with one attached hydrogen (secondary N) is 3. The monoisotopic (exact) mass is 1300 g/mol. The van der Waals surface area contributed by atoms with E-state index in [1.54, 1.807) is 65.6 Å². The smallest absolute Gasteiger partial charge is 0.345 e. The van der Waals surface area contributed by atoms with Gasteiger partial charge in [0.1, 0.15) is 42.4 Å². The molecule has 0 radical (unpaired) electrons. The number of alkyl halides is 2. The molecule has 464 valence electrons. The molecule has 4 aliphatic heterocycles. The number of hydrogen-bond donors (Lipinski definition) is 6. The first-order valence-electron chi connectivity index (χ1n) is 28.1. The first-order valence-corrected chi connectivity index (χ1v) is 30.4. The van der Waals surface area contributed by atoms with Crippen molar-refractivity contribution in [3.05, 3.63) is 140 Å². The number of primary amides is 2. The van der Waals surface area contributed by atoms with Crippen LogP contribution in [0.15, 0.2) is 97.1 Å². The van der Waals surface area contributed by atoms with Crippen LogP contribution in [0.4, 0.5) is 28.9 Å². The molecule has 0 unspecified atom stereocenters. The summed E-state index contributed by atoms with van der Waals surface area (Å²) in [4.78, 5) is 106. The fraction of sp³-hybridized carbons (Fsp3) is 0.300. The highest BCUT2D eigenvalue weighted by molar-refractivity contribution is 7.21. The van der Waals surface area contributed by atoms with Crippen molar-refractivity contribution in [1.82, 2.24) is 39.6 Å². The maximum Gasteiger partial charge on any atom is 0.345 e. The fourth-order valence-corrected chi connectivity index (χ4v) is 13.5. The fourth-order valence-electron chi connectivity index (χ4n) is 10.9. The average Bonchev–Trinajstić information content (AvgIpc) is 1.70. The molecule has 7 amide bonds. The molecule has 21 nitrogen and oxygen atoms in total. The van der Waals surface area contributed by atoms with Gasteiger partial charge in [0.15, 0.2) is 23.0 Å². The maximum absolute atomic E-state index is 15.5. The van der Waals surface area contributed by atoms with Crippen LogP contribution in [0, 0.1) is 11.6 Å². The number of anilines is 2. The highest BCUT2D eigenvalue weighted by Crippen LogP contribution is 2.37. The van der Waals surface area contributed by atoms with Crippen LogP contribution in [-0.2, 0) is 32.3 Å². The lowest BCUT2D eigenvalue weighted by atomic mass is 10.0. The van der Waals surface area contributed by atoms with E-state index in [0.29, 0.717) is 49.4 Å². The zero-order valence-corrected chi connectivity index (χ0v) is 50.2. The number of hydrogen-bond acceptors (Lipinski definition) is 13. The van der Waals surface area contributed by atoms with Gasteiger partial charge in [-0.25, -0.2) is 22.4 Å². The molecule has 8 heterocycles. The van der Waals surface area contributed by atoms with E-state index in [2.05, 4.69) is 26.1 Å². The van der Waals surface area contributed by atoms with Crippen LogP contribution >= 0.6 is 45.9 Å². The third-order valence-electron chi connectivity index (χ3n) is 15.2. The minimum atomic E-state index is -1.52. The summed E-state index contributed by atoms with van der Waals surface area (Å²) in [5.74, 6) is -7.55. The van der Waals surface area contributed by atoms with Crippen molar-refractivity contribution >= 4 is 125 Å². The number of likely N-dealkylation sites (tertiary alicyclic amines) is 3. The largest absolute Gasteiger partial charge is 0.477 e. The van der Waals surface area contributed by atoms with Gasteiger partial charge in [-0.1, -0.05) is 83.9 Å². The van der Waals surface area contributed by atoms with Crippen LogP contribution in [0.2, 0.25) is 10.0 Å². The summed E-state index contributed by atoms with van der Waals surface area (Å²) in [7, 11) is 0. The summed E-state index contributed by atoms with van der Waals surface area (Å²) in [5.41, 5.74) is 12.0. The Morgan fingerprint density at radius 1 is 0.596 bits per heavy atom. The zero-order chi connectivity index (χ0) is 63.4. The maximum atomic E-state index is 15.5. The number of carboxylic acid groups (broad SMARTS) is 1. The summed E-state index contributed by atoms with van der Waals surface area (Å²) in [5, 5.41) is 26.4. The van der Waals surface area contributed by atoms with Gasteiger partial charge >= 0.3 is 5.97 Å². The molecule has 12 rings (SSSR count). The molecule has 29 heteroatoms. The number of benzene rings is 4. The van der Waals surface area contributed by atoms with E-state index in [1.807, 2.05) is 0 Å². The quantitative estimate of drug-likeness (QED) is 0.0557. The SMILES string of the molecule is C1CCNC1.NC(=O)c1nn(CC(=O)N2C[C@H](F)C[C@H]2C(=O)Nc2cccc(-c3ccccc3Cl)c2F)c2cc(C(=O)N3CCCC3)sc12.NC(=O)c1nn(CC(=O)N2C[C@H](F)C[C@H]2C(=O)Nc2cccc(-c3ccccc3Cl)c2F)c2cc(C(=O)O)sc12. The van der Waals surface area contributed by atoms with Gasteiger partial charge in [-0.05, 0) is 75.2 Å². The van der Waals surface area contributed by atoms with Crippen LogP contribution in [-0.4, -0.2) is 150 Å². The number of aromatic nitrogens is 4. The minimum Gasteiger partial charge on any atom is -0.477 e. The summed E-state index contributed by atoms with van der Waals surface area (Å²) >= 11 is 14.3. The molecule has 4 aromatic heterocycles. The summed E-state index contributed by atoms with van der Waals surface area (Å²) in [6, 6.07) is 22.4. The lowest BCUT2D eigenvalue weighted by Crippen LogP contribution is -2.44. The Kier molecular flexibility index (Phi) is 19.4.